The van der Waals surface area contributed by atoms with E-state index in [2.05, 4.69) is 15.9 Å². The highest BCUT2D eigenvalue weighted by molar-refractivity contribution is 9.10. The molecule has 0 radical (unpaired) electrons. The van der Waals surface area contributed by atoms with Crippen molar-refractivity contribution in [1.82, 2.24) is 0 Å². The summed E-state index contributed by atoms with van der Waals surface area (Å²) < 4.78 is 33.4. The first-order valence-electron chi connectivity index (χ1n) is 6.49. The van der Waals surface area contributed by atoms with E-state index in [1.807, 2.05) is 26.0 Å². The van der Waals surface area contributed by atoms with E-state index in [9.17, 15) is 8.78 Å². The van der Waals surface area contributed by atoms with Gasteiger partial charge in [-0.25, -0.2) is 8.78 Å². The first-order chi connectivity index (χ1) is 9.93. The third kappa shape index (κ3) is 3.41. The lowest BCUT2D eigenvalue weighted by Crippen LogP contribution is -2.05. The lowest BCUT2D eigenvalue weighted by atomic mass is 10.1. The molecule has 0 saturated carbocycles. The fourth-order valence-electron chi connectivity index (χ4n) is 2.23. The molecule has 21 heavy (non-hydrogen) atoms. The fourth-order valence-corrected chi connectivity index (χ4v) is 2.60. The molecule has 0 heterocycles. The molecule has 0 aliphatic carbocycles. The zero-order chi connectivity index (χ0) is 15.6. The topological polar surface area (TPSA) is 35.2 Å². The van der Waals surface area contributed by atoms with Gasteiger partial charge < -0.3 is 10.5 Å². The fraction of sp³-hybridized carbons (Fsp3) is 0.250. The number of rotatable bonds is 4. The van der Waals surface area contributed by atoms with Gasteiger partial charge in [-0.05, 0) is 58.6 Å². The van der Waals surface area contributed by atoms with Crippen molar-refractivity contribution >= 4 is 15.9 Å². The molecule has 2 nitrogen and oxygen atoms in total. The summed E-state index contributed by atoms with van der Waals surface area (Å²) in [5, 5.41) is 0. The molecule has 0 bridgehead atoms. The smallest absolute Gasteiger partial charge is 0.146 e. The van der Waals surface area contributed by atoms with Crippen LogP contribution in [0.4, 0.5) is 8.78 Å². The minimum absolute atomic E-state index is 0.0916. The molecule has 0 saturated heterocycles. The highest BCUT2D eigenvalue weighted by atomic mass is 79.9. The van der Waals surface area contributed by atoms with E-state index in [0.29, 0.717) is 12.3 Å². The van der Waals surface area contributed by atoms with E-state index in [1.54, 1.807) is 0 Å². The Labute approximate surface area is 131 Å². The van der Waals surface area contributed by atoms with Gasteiger partial charge in [0.1, 0.15) is 24.0 Å². The molecule has 0 aromatic heterocycles. The van der Waals surface area contributed by atoms with Crippen LogP contribution in [0, 0.1) is 25.5 Å². The SMILES string of the molecule is Cc1cc(CN)cc(C)c1OCc1c(F)ccc(Br)c1F. The average Bonchev–Trinajstić information content (AvgIpc) is 2.45. The molecule has 0 atom stereocenters. The van der Waals surface area contributed by atoms with Crippen LogP contribution in [0.5, 0.6) is 5.75 Å². The molecule has 0 amide bonds. The Morgan fingerprint density at radius 2 is 1.76 bits per heavy atom. The van der Waals surface area contributed by atoms with Gasteiger partial charge >= 0.3 is 0 Å². The number of hydrogen-bond donors (Lipinski definition) is 1. The first-order valence-corrected chi connectivity index (χ1v) is 7.28. The lowest BCUT2D eigenvalue weighted by molar-refractivity contribution is 0.288. The average molecular weight is 356 g/mol. The van der Waals surface area contributed by atoms with Gasteiger partial charge in [-0.1, -0.05) is 12.1 Å². The molecule has 0 spiro atoms. The quantitative estimate of drug-likeness (QED) is 0.825. The molecular weight excluding hydrogens is 340 g/mol. The van der Waals surface area contributed by atoms with Crippen molar-refractivity contribution in [2.24, 2.45) is 5.73 Å². The largest absolute Gasteiger partial charge is 0.488 e. The van der Waals surface area contributed by atoms with Crippen molar-refractivity contribution < 1.29 is 13.5 Å². The summed E-state index contributed by atoms with van der Waals surface area (Å²) in [7, 11) is 0. The standard InChI is InChI=1S/C16H16BrF2NO/c1-9-5-11(7-20)6-10(2)16(9)21-8-12-14(18)4-3-13(17)15(12)19/h3-6H,7-8,20H2,1-2H3. The van der Waals surface area contributed by atoms with Crippen molar-refractivity contribution in [2.45, 2.75) is 27.0 Å². The molecule has 0 fully saturated rings. The highest BCUT2D eigenvalue weighted by Crippen LogP contribution is 2.28. The summed E-state index contributed by atoms with van der Waals surface area (Å²) in [6.07, 6.45) is 0. The van der Waals surface area contributed by atoms with Gasteiger partial charge in [0.2, 0.25) is 0 Å². The van der Waals surface area contributed by atoms with Crippen LogP contribution in [0.15, 0.2) is 28.7 Å². The Morgan fingerprint density at radius 3 is 2.33 bits per heavy atom. The Hall–Kier alpha value is -1.46. The molecule has 0 aliphatic heterocycles. The number of halogens is 3. The Balaban J connectivity index is 2.27. The summed E-state index contributed by atoms with van der Waals surface area (Å²) in [5.41, 5.74) is 8.31. The Bertz CT molecular complexity index is 651. The zero-order valence-corrected chi connectivity index (χ0v) is 13.4. The van der Waals surface area contributed by atoms with Crippen molar-refractivity contribution in [3.05, 3.63) is 62.6 Å². The van der Waals surface area contributed by atoms with E-state index >= 15 is 0 Å². The van der Waals surface area contributed by atoms with Crippen LogP contribution in [0.25, 0.3) is 0 Å². The molecule has 2 aromatic rings. The Kier molecular flexibility index (Phi) is 4.96. The van der Waals surface area contributed by atoms with E-state index in [4.69, 9.17) is 10.5 Å². The van der Waals surface area contributed by atoms with Crippen LogP contribution in [0.3, 0.4) is 0 Å². The van der Waals surface area contributed by atoms with E-state index in [-0.39, 0.29) is 16.6 Å². The maximum Gasteiger partial charge on any atom is 0.146 e. The minimum atomic E-state index is -0.635. The van der Waals surface area contributed by atoms with E-state index in [0.717, 1.165) is 16.7 Å². The van der Waals surface area contributed by atoms with Gasteiger partial charge in [0, 0.05) is 6.54 Å². The van der Waals surface area contributed by atoms with Crippen molar-refractivity contribution in [3.63, 3.8) is 0 Å². The molecular formula is C16H16BrF2NO. The van der Waals surface area contributed by atoms with Gasteiger partial charge in [-0.2, -0.15) is 0 Å². The lowest BCUT2D eigenvalue weighted by Gasteiger charge is -2.14. The number of aryl methyl sites for hydroxylation is 2. The van der Waals surface area contributed by atoms with E-state index < -0.39 is 11.6 Å². The molecule has 5 heteroatoms. The van der Waals surface area contributed by atoms with Gasteiger partial charge in [-0.3, -0.25) is 0 Å². The maximum absolute atomic E-state index is 13.9. The number of hydrogen-bond acceptors (Lipinski definition) is 2. The van der Waals surface area contributed by atoms with Crippen molar-refractivity contribution in [3.8, 4) is 5.75 Å². The van der Waals surface area contributed by atoms with Crippen LogP contribution in [-0.2, 0) is 13.2 Å². The molecule has 2 rings (SSSR count). The maximum atomic E-state index is 13.9. The normalized spacial score (nSPS) is 10.8. The number of nitrogens with two attached hydrogens (primary N) is 1. The third-order valence-electron chi connectivity index (χ3n) is 3.26. The van der Waals surface area contributed by atoms with Crippen molar-refractivity contribution in [2.75, 3.05) is 0 Å². The number of benzene rings is 2. The van der Waals surface area contributed by atoms with Crippen molar-refractivity contribution in [1.29, 1.82) is 0 Å². The Morgan fingerprint density at radius 1 is 1.14 bits per heavy atom. The summed E-state index contributed by atoms with van der Waals surface area (Å²) in [5.74, 6) is -0.626. The van der Waals surface area contributed by atoms with Gasteiger partial charge in [0.15, 0.2) is 0 Å². The predicted molar refractivity (Wildman–Crippen MR) is 82.2 cm³/mol. The van der Waals surface area contributed by atoms with Gasteiger partial charge in [0.25, 0.3) is 0 Å². The molecule has 2 aromatic carbocycles. The summed E-state index contributed by atoms with van der Waals surface area (Å²) in [6, 6.07) is 6.37. The van der Waals surface area contributed by atoms with Crippen LogP contribution < -0.4 is 10.5 Å². The third-order valence-corrected chi connectivity index (χ3v) is 3.87. The van der Waals surface area contributed by atoms with Gasteiger partial charge in [0.05, 0.1) is 10.0 Å². The number of ether oxygens (including phenoxy) is 1. The molecule has 0 unspecified atom stereocenters. The summed E-state index contributed by atoms with van der Waals surface area (Å²) in [4.78, 5) is 0. The van der Waals surface area contributed by atoms with E-state index in [1.165, 1.54) is 12.1 Å². The summed E-state index contributed by atoms with van der Waals surface area (Å²) in [6.45, 7) is 4.04. The second-order valence-electron chi connectivity index (χ2n) is 4.87. The van der Waals surface area contributed by atoms with Crippen LogP contribution in [-0.4, -0.2) is 0 Å². The predicted octanol–water partition coefficient (Wildman–Crippen LogP) is 4.38. The second kappa shape index (κ2) is 6.54. The van der Waals surface area contributed by atoms with Crippen LogP contribution in [0.2, 0.25) is 0 Å². The van der Waals surface area contributed by atoms with Gasteiger partial charge in [-0.15, -0.1) is 0 Å². The summed E-state index contributed by atoms with van der Waals surface area (Å²) >= 11 is 3.04. The monoisotopic (exact) mass is 355 g/mol. The molecule has 112 valence electrons. The zero-order valence-electron chi connectivity index (χ0n) is 11.8. The minimum Gasteiger partial charge on any atom is -0.488 e. The second-order valence-corrected chi connectivity index (χ2v) is 5.73. The first kappa shape index (κ1) is 15.9. The van der Waals surface area contributed by atoms with Crippen LogP contribution >= 0.6 is 15.9 Å². The van der Waals surface area contributed by atoms with Crippen LogP contribution in [0.1, 0.15) is 22.3 Å². The highest BCUT2D eigenvalue weighted by Gasteiger charge is 2.14. The molecule has 0 aliphatic rings. The molecule has 2 N–H and O–H groups in total.